The van der Waals surface area contributed by atoms with Gasteiger partial charge in [0.05, 0.1) is 54.1 Å². The van der Waals surface area contributed by atoms with Crippen molar-refractivity contribution in [2.75, 3.05) is 0 Å². The number of carboxylic acid groups (broad SMARTS) is 10. The predicted molar refractivity (Wildman–Crippen MR) is 563 cm³/mol. The Labute approximate surface area is 838 Å². The lowest BCUT2D eigenvalue weighted by Crippen LogP contribution is -2.23. The third-order valence-corrected chi connectivity index (χ3v) is 30.3. The summed E-state index contributed by atoms with van der Waals surface area (Å²) in [7, 11) is 0. The summed E-state index contributed by atoms with van der Waals surface area (Å²) in [6, 6.07) is 42.5. The van der Waals surface area contributed by atoms with E-state index in [1.807, 2.05) is 12.1 Å². The number of rotatable bonds is 64. The van der Waals surface area contributed by atoms with Crippen LogP contribution in [0.1, 0.15) is 445 Å². The van der Waals surface area contributed by atoms with Gasteiger partial charge in [0.25, 0.3) is 0 Å². The van der Waals surface area contributed by atoms with Gasteiger partial charge in [-0.15, -0.1) is 0 Å². The molecule has 0 heterocycles. The molecule has 0 amide bonds. The number of aliphatic carboxylic acids is 10. The molecule has 0 radical (unpaired) electrons. The molecule has 5 aliphatic rings. The molecule has 0 atom stereocenters. The van der Waals surface area contributed by atoms with Gasteiger partial charge in [-0.2, -0.15) is 0 Å². The van der Waals surface area contributed by atoms with Gasteiger partial charge in [0.15, 0.2) is 0 Å². The Morgan fingerprint density at radius 2 is 0.309 bits per heavy atom. The highest BCUT2D eigenvalue weighted by Gasteiger charge is 2.52. The minimum Gasteiger partial charge on any atom is -0.481 e. The Hall–Kier alpha value is -9.20. The summed E-state index contributed by atoms with van der Waals surface area (Å²) < 4.78 is 0. The van der Waals surface area contributed by atoms with Crippen molar-refractivity contribution in [1.82, 2.24) is 0 Å². The first-order chi connectivity index (χ1) is 63.3. The van der Waals surface area contributed by atoms with Gasteiger partial charge in [0.1, 0.15) is 0 Å². The van der Waals surface area contributed by atoms with E-state index in [1.165, 1.54) is 55.6 Å². The van der Waals surface area contributed by atoms with Gasteiger partial charge in [0, 0.05) is 0 Å². The van der Waals surface area contributed by atoms with E-state index in [-0.39, 0.29) is 53.4 Å². The lowest BCUT2D eigenvalue weighted by molar-refractivity contribution is -0.148. The summed E-state index contributed by atoms with van der Waals surface area (Å²) in [4.78, 5) is 112. The molecular weight excluding hydrogens is 1750 g/mol. The minimum atomic E-state index is -0.751. The Morgan fingerprint density at radius 3 is 0.489 bits per heavy atom. The van der Waals surface area contributed by atoms with E-state index < -0.39 is 97.6 Å². The van der Waals surface area contributed by atoms with Crippen LogP contribution in [0.15, 0.2) is 121 Å². The molecule has 784 valence electrons. The molecular formula is C119H188O20. The average molecular weight is 1940 g/mol. The fraction of sp³-hybridized carbons (Fsp3) is 0.664. The number of hydrogen-bond donors (Lipinski definition) is 10. The topological polar surface area (TPSA) is 373 Å². The lowest BCUT2D eigenvalue weighted by Gasteiger charge is -2.19. The second kappa shape index (κ2) is 61.6. The zero-order valence-electron chi connectivity index (χ0n) is 83.3. The van der Waals surface area contributed by atoms with Gasteiger partial charge in [-0.25, -0.2) is 0 Å². The Bertz CT molecular complexity index is 4390. The third-order valence-electron chi connectivity index (χ3n) is 30.3. The first-order valence-electron chi connectivity index (χ1n) is 51.0. The van der Waals surface area contributed by atoms with Crippen LogP contribution in [0.3, 0.4) is 0 Å². The largest absolute Gasteiger partial charge is 0.481 e. The Morgan fingerprint density at radius 1 is 0.187 bits per heavy atom. The summed E-state index contributed by atoms with van der Waals surface area (Å²) in [5.74, 6) is -6.71. The first kappa shape index (κ1) is 128. The maximum atomic E-state index is 11.2. The van der Waals surface area contributed by atoms with Crippen molar-refractivity contribution >= 4 is 59.7 Å². The summed E-state index contributed by atoms with van der Waals surface area (Å²) in [5, 5.41) is 92.1. The van der Waals surface area contributed by atoms with Gasteiger partial charge >= 0.3 is 59.7 Å². The molecule has 5 aliphatic carbocycles. The van der Waals surface area contributed by atoms with Crippen molar-refractivity contribution < 1.29 is 99.0 Å². The van der Waals surface area contributed by atoms with Crippen LogP contribution in [-0.2, 0) is 112 Å². The molecule has 5 aromatic carbocycles. The number of hydrogen-bond acceptors (Lipinski definition) is 10. The van der Waals surface area contributed by atoms with Crippen LogP contribution < -0.4 is 0 Å². The van der Waals surface area contributed by atoms with Gasteiger partial charge in [-0.05, 0) is 382 Å². The smallest absolute Gasteiger partial charge is 0.309 e. The maximum absolute atomic E-state index is 11.2. The Kier molecular flexibility index (Phi) is 56.6. The molecule has 0 unspecified atom stereocenters. The van der Waals surface area contributed by atoms with Crippen molar-refractivity contribution in [2.24, 2.45) is 54.1 Å². The van der Waals surface area contributed by atoms with Crippen LogP contribution >= 0.6 is 0 Å². The fourth-order valence-electron chi connectivity index (χ4n) is 18.4. The average Bonchev–Trinajstić information content (AvgIpc) is 1.66. The molecule has 0 aromatic heterocycles. The van der Waals surface area contributed by atoms with Crippen LogP contribution in [0.5, 0.6) is 0 Å². The number of unbranched alkanes of at least 4 members (excludes halogenated alkanes) is 14. The van der Waals surface area contributed by atoms with Crippen LogP contribution in [0.4, 0.5) is 0 Å². The van der Waals surface area contributed by atoms with E-state index >= 15 is 0 Å². The molecule has 0 bridgehead atoms. The summed E-state index contributed by atoms with van der Waals surface area (Å²) in [5.41, 5.74) is 8.45. The highest BCUT2D eigenvalue weighted by atomic mass is 16.4. The molecule has 5 aromatic rings. The quantitative estimate of drug-likeness (QED) is 0.0162. The predicted octanol–water partition coefficient (Wildman–Crippen LogP) is 30.2. The van der Waals surface area contributed by atoms with E-state index in [4.69, 9.17) is 5.11 Å². The van der Waals surface area contributed by atoms with Gasteiger partial charge in [0.2, 0.25) is 0 Å². The molecule has 139 heavy (non-hydrogen) atoms. The summed E-state index contributed by atoms with van der Waals surface area (Å²) in [6.45, 7) is 17.9. The number of carboxylic acids is 10. The maximum Gasteiger partial charge on any atom is 0.309 e. The normalized spacial score (nSPS) is 14.9. The Balaban J connectivity index is 0.000000862. The second-order valence-electron chi connectivity index (χ2n) is 43.7. The lowest BCUT2D eigenvalue weighted by atomic mass is 9.86. The minimum absolute atomic E-state index is 0. The molecule has 20 heteroatoms. The zero-order chi connectivity index (χ0) is 98.9. The molecule has 0 aliphatic heterocycles. The van der Waals surface area contributed by atoms with Crippen molar-refractivity contribution in [2.45, 2.75) is 453 Å². The standard InChI is InChI=1S/C25H38O4.C24H36O4.C23H34O4.C22H32O4.C20H28O4.5CH4/c1-24(2,22(26)27)16-10-4-3-6-12-20-14-8-9-15-21(20)13-7-5-11-17-25(18-19-25)23(28)29;1-23(2,21(25)26)15-9-3-5-11-19-13-7-8-14-20(19)12-6-4-10-16-24(17-18-24)22(27)28;1-22(2,20(24)25)14-9-7-13-19-12-6-5-11-18(19)10-4-3-8-15-23(16-17-23)21(26)27;1-21(2,19(23)24)13-7-5-11-17-9-3-4-10-18(17)12-6-8-14-22(15-16-22)20(25)26;1-19(2,17(21)22)11-5-9-15-7-3-4-8-16(15)10-6-12-20(13-14-20)18(23)24;;;;;/h8-9,14-15H,3-7,10-13,16-19H2,1-2H3,(H,26,27)(H,28,29);7-8,13-14H,3-6,9-12,15-18H2,1-2H3,(H,25,26)(H,27,28);5-6,11-12H,3-4,7-10,13-17H2,1-2H3,(H,24,25)(H,26,27);3-4,9-10H,5-8,11-16H2,1-2H3,(H,23,24)(H,25,26);3-4,7-8H,5-6,9-14H2,1-2H3,(H,21,22)(H,23,24);5*1H4. The molecule has 20 nitrogen and oxygen atoms in total. The van der Waals surface area contributed by atoms with Crippen LogP contribution in [0.25, 0.3) is 0 Å². The summed E-state index contributed by atoms with van der Waals surface area (Å²) >= 11 is 0. The monoisotopic (exact) mass is 1940 g/mol. The SMILES string of the molecule is C.C.C.C.C.CC(C)(CCCCCCc1ccccc1CCCCCC1(C(=O)O)CC1)C(=O)O.CC(C)(CCCCCc1ccccc1CCCCCC1(C(=O)O)CC1)C(=O)O.CC(C)(CCCCc1ccccc1CCCCC1(C(=O)O)CC1)C(=O)O.CC(C)(CCCCc1ccccc1CCCCCC1(C(=O)O)CC1)C(=O)O.CC(C)(CCCc1ccccc1CCCC1(C(=O)O)CC1)C(=O)O. The zero-order valence-corrected chi connectivity index (χ0v) is 83.3. The highest BCUT2D eigenvalue weighted by molar-refractivity contribution is 5.80. The molecule has 10 N–H and O–H groups in total. The van der Waals surface area contributed by atoms with E-state index in [9.17, 15) is 93.9 Å². The van der Waals surface area contributed by atoms with E-state index in [2.05, 4.69) is 109 Å². The van der Waals surface area contributed by atoms with Gasteiger partial charge < -0.3 is 51.1 Å². The van der Waals surface area contributed by atoms with E-state index in [1.54, 1.807) is 69.2 Å². The number of carbonyl (C=O) groups is 10. The van der Waals surface area contributed by atoms with Gasteiger partial charge in [-0.1, -0.05) is 248 Å². The number of benzene rings is 5. The van der Waals surface area contributed by atoms with Crippen LogP contribution in [0.2, 0.25) is 0 Å². The van der Waals surface area contributed by atoms with Gasteiger partial charge in [-0.3, -0.25) is 47.9 Å². The third kappa shape index (κ3) is 44.9. The van der Waals surface area contributed by atoms with Crippen molar-refractivity contribution in [3.05, 3.63) is 177 Å². The molecule has 5 fully saturated rings. The summed E-state index contributed by atoms with van der Waals surface area (Å²) in [6.07, 6.45) is 50.7. The van der Waals surface area contributed by atoms with Crippen molar-refractivity contribution in [1.29, 1.82) is 0 Å². The van der Waals surface area contributed by atoms with Crippen LogP contribution in [0, 0.1) is 54.1 Å². The highest BCUT2D eigenvalue weighted by Crippen LogP contribution is 2.54. The molecule has 10 rings (SSSR count). The molecule has 0 spiro atoms. The first-order valence-corrected chi connectivity index (χ1v) is 51.0. The number of aryl methyl sites for hydroxylation is 10. The van der Waals surface area contributed by atoms with Crippen LogP contribution in [-0.4, -0.2) is 111 Å². The molecule has 5 saturated carbocycles. The van der Waals surface area contributed by atoms with E-state index in [0.29, 0.717) is 19.3 Å². The molecule has 0 saturated heterocycles. The van der Waals surface area contributed by atoms with Crippen molar-refractivity contribution in [3.63, 3.8) is 0 Å². The van der Waals surface area contributed by atoms with Crippen molar-refractivity contribution in [3.8, 4) is 0 Å². The van der Waals surface area contributed by atoms with E-state index in [0.717, 1.165) is 327 Å². The second-order valence-corrected chi connectivity index (χ2v) is 43.7. The fourth-order valence-corrected chi connectivity index (χ4v) is 18.4.